The van der Waals surface area contributed by atoms with Gasteiger partial charge >= 0.3 is 11.9 Å². The van der Waals surface area contributed by atoms with Crippen molar-refractivity contribution in [1.82, 2.24) is 4.90 Å². The molecule has 1 aromatic rings. The van der Waals surface area contributed by atoms with E-state index in [1.165, 1.54) is 26.0 Å². The first-order valence-corrected chi connectivity index (χ1v) is 7.79. The lowest BCUT2D eigenvalue weighted by atomic mass is 10.3. The maximum Gasteiger partial charge on any atom is 0.355 e. The molecule has 120 valence electrons. The Kier molecular flexibility index (Phi) is 7.52. The zero-order chi connectivity index (χ0) is 16.5. The maximum absolute atomic E-state index is 12.2. The number of esters is 2. The molecule has 1 aromatic carbocycles. The smallest absolute Gasteiger partial charge is 0.355 e. The fourth-order valence-electron chi connectivity index (χ4n) is 1.89. The molecule has 0 bridgehead atoms. The number of carbonyl (C=O) groups is 2. The zero-order valence-corrected chi connectivity index (χ0v) is 14.1. The van der Waals surface area contributed by atoms with E-state index in [2.05, 4.69) is 0 Å². The zero-order valence-electron chi connectivity index (χ0n) is 13.3. The highest BCUT2D eigenvalue weighted by molar-refractivity contribution is 8.04. The molecule has 0 spiro atoms. The summed E-state index contributed by atoms with van der Waals surface area (Å²) in [5.74, 6) is -1.10. The number of hydrogen-bond acceptors (Lipinski definition) is 6. The molecule has 0 radical (unpaired) electrons. The molecule has 0 saturated carbocycles. The van der Waals surface area contributed by atoms with Crippen molar-refractivity contribution in [2.45, 2.75) is 18.7 Å². The third-order valence-corrected chi connectivity index (χ3v) is 4.08. The minimum Gasteiger partial charge on any atom is -0.465 e. The standard InChI is InChI=1S/C16H21NO4S/c1-5-17(6-2)13(15(18)20-3)14(16(19)21-4)22-12-10-8-7-9-11-12/h7-11H,5-6H2,1-4H3/b14-13-. The van der Waals surface area contributed by atoms with Gasteiger partial charge < -0.3 is 14.4 Å². The quantitative estimate of drug-likeness (QED) is 0.437. The summed E-state index contributed by atoms with van der Waals surface area (Å²) in [5.41, 5.74) is 0.230. The summed E-state index contributed by atoms with van der Waals surface area (Å²) in [4.78, 5) is 27.2. The topological polar surface area (TPSA) is 55.8 Å². The van der Waals surface area contributed by atoms with Gasteiger partial charge in [-0.15, -0.1) is 0 Å². The third-order valence-electron chi connectivity index (χ3n) is 3.01. The van der Waals surface area contributed by atoms with Crippen molar-refractivity contribution in [3.63, 3.8) is 0 Å². The summed E-state index contributed by atoms with van der Waals surface area (Å²) in [6.07, 6.45) is 0. The second kappa shape index (κ2) is 9.15. The van der Waals surface area contributed by atoms with Crippen LogP contribution in [-0.4, -0.2) is 44.1 Å². The van der Waals surface area contributed by atoms with Gasteiger partial charge in [-0.1, -0.05) is 30.0 Å². The van der Waals surface area contributed by atoms with E-state index in [4.69, 9.17) is 9.47 Å². The Balaban J connectivity index is 3.38. The molecule has 0 aromatic heterocycles. The van der Waals surface area contributed by atoms with Crippen molar-refractivity contribution >= 4 is 23.7 Å². The lowest BCUT2D eigenvalue weighted by molar-refractivity contribution is -0.140. The van der Waals surface area contributed by atoms with E-state index in [-0.39, 0.29) is 10.6 Å². The normalized spacial score (nSPS) is 11.5. The molecule has 0 aliphatic carbocycles. The van der Waals surface area contributed by atoms with Gasteiger partial charge in [-0.2, -0.15) is 0 Å². The van der Waals surface area contributed by atoms with Gasteiger partial charge in [-0.3, -0.25) is 0 Å². The highest BCUT2D eigenvalue weighted by Crippen LogP contribution is 2.31. The molecule has 0 fully saturated rings. The molecular formula is C16H21NO4S. The summed E-state index contributed by atoms with van der Waals surface area (Å²) in [6, 6.07) is 9.35. The molecule has 0 saturated heterocycles. The van der Waals surface area contributed by atoms with E-state index >= 15 is 0 Å². The Bertz CT molecular complexity index is 538. The van der Waals surface area contributed by atoms with Crippen LogP contribution < -0.4 is 0 Å². The number of thioether (sulfide) groups is 1. The molecule has 5 nitrogen and oxygen atoms in total. The van der Waals surface area contributed by atoms with Crippen LogP contribution in [0, 0.1) is 0 Å². The molecular weight excluding hydrogens is 302 g/mol. The number of hydrogen-bond donors (Lipinski definition) is 0. The molecule has 0 unspecified atom stereocenters. The second-order valence-electron chi connectivity index (χ2n) is 4.25. The van der Waals surface area contributed by atoms with E-state index in [0.717, 1.165) is 4.90 Å². The molecule has 0 atom stereocenters. The van der Waals surface area contributed by atoms with Crippen molar-refractivity contribution in [2.24, 2.45) is 0 Å². The molecule has 0 N–H and O–H groups in total. The van der Waals surface area contributed by atoms with E-state index in [1.54, 1.807) is 4.90 Å². The van der Waals surface area contributed by atoms with Gasteiger partial charge in [0.05, 0.1) is 14.2 Å². The first kappa shape index (κ1) is 18.1. The van der Waals surface area contributed by atoms with Crippen molar-refractivity contribution in [3.05, 3.63) is 40.9 Å². The van der Waals surface area contributed by atoms with Gasteiger partial charge in [0.15, 0.2) is 0 Å². The predicted octanol–water partition coefficient (Wildman–Crippen LogP) is 2.68. The van der Waals surface area contributed by atoms with Crippen LogP contribution in [0.25, 0.3) is 0 Å². The van der Waals surface area contributed by atoms with Crippen molar-refractivity contribution in [3.8, 4) is 0 Å². The van der Waals surface area contributed by atoms with Gasteiger partial charge in [-0.25, -0.2) is 9.59 Å². The molecule has 6 heteroatoms. The average Bonchev–Trinajstić information content (AvgIpc) is 2.57. The van der Waals surface area contributed by atoms with Crippen LogP contribution in [-0.2, 0) is 19.1 Å². The number of rotatable bonds is 7. The lowest BCUT2D eigenvalue weighted by Crippen LogP contribution is -2.30. The Morgan fingerprint density at radius 3 is 2.00 bits per heavy atom. The highest BCUT2D eigenvalue weighted by Gasteiger charge is 2.27. The van der Waals surface area contributed by atoms with Crippen LogP contribution in [0.3, 0.4) is 0 Å². The number of benzene rings is 1. The van der Waals surface area contributed by atoms with E-state index in [0.29, 0.717) is 13.1 Å². The molecule has 1 rings (SSSR count). The Morgan fingerprint density at radius 1 is 1.00 bits per heavy atom. The number of carbonyl (C=O) groups excluding carboxylic acids is 2. The number of likely N-dealkylation sites (N-methyl/N-ethyl adjacent to an activating group) is 1. The summed E-state index contributed by atoms with van der Waals surface area (Å²) in [6.45, 7) is 4.98. The van der Waals surface area contributed by atoms with Gasteiger partial charge in [0.1, 0.15) is 10.6 Å². The van der Waals surface area contributed by atoms with E-state index in [9.17, 15) is 9.59 Å². The number of ether oxygens (including phenoxy) is 2. The van der Waals surface area contributed by atoms with Crippen molar-refractivity contribution in [1.29, 1.82) is 0 Å². The van der Waals surface area contributed by atoms with E-state index < -0.39 is 11.9 Å². The first-order chi connectivity index (χ1) is 10.6. The van der Waals surface area contributed by atoms with Crippen LogP contribution in [0.4, 0.5) is 0 Å². The largest absolute Gasteiger partial charge is 0.465 e. The summed E-state index contributed by atoms with van der Waals surface area (Å²) >= 11 is 1.19. The Hall–Kier alpha value is -1.95. The average molecular weight is 323 g/mol. The van der Waals surface area contributed by atoms with Crippen molar-refractivity contribution in [2.75, 3.05) is 27.3 Å². The van der Waals surface area contributed by atoms with Gasteiger partial charge in [0.2, 0.25) is 0 Å². The van der Waals surface area contributed by atoms with Crippen LogP contribution >= 0.6 is 11.8 Å². The Morgan fingerprint density at radius 2 is 1.55 bits per heavy atom. The lowest BCUT2D eigenvalue weighted by Gasteiger charge is -2.24. The number of methoxy groups -OCH3 is 2. The minimum absolute atomic E-state index is 0.226. The monoisotopic (exact) mass is 323 g/mol. The van der Waals surface area contributed by atoms with E-state index in [1.807, 2.05) is 44.2 Å². The fourth-order valence-corrected chi connectivity index (χ4v) is 2.89. The minimum atomic E-state index is -0.554. The van der Waals surface area contributed by atoms with Gasteiger partial charge in [-0.05, 0) is 26.0 Å². The van der Waals surface area contributed by atoms with Crippen LogP contribution in [0.2, 0.25) is 0 Å². The summed E-state index contributed by atoms with van der Waals surface area (Å²) in [7, 11) is 2.60. The third kappa shape index (κ3) is 4.53. The van der Waals surface area contributed by atoms with Crippen LogP contribution in [0.15, 0.2) is 45.8 Å². The molecule has 0 aliphatic heterocycles. The molecule has 0 heterocycles. The number of nitrogens with zero attached hydrogens (tertiary/aromatic N) is 1. The van der Waals surface area contributed by atoms with Crippen LogP contribution in [0.5, 0.6) is 0 Å². The first-order valence-electron chi connectivity index (χ1n) is 6.97. The van der Waals surface area contributed by atoms with Gasteiger partial charge in [0, 0.05) is 18.0 Å². The maximum atomic E-state index is 12.2. The molecule has 0 amide bonds. The van der Waals surface area contributed by atoms with Crippen molar-refractivity contribution < 1.29 is 19.1 Å². The molecule has 0 aliphatic rings. The second-order valence-corrected chi connectivity index (χ2v) is 5.33. The molecule has 22 heavy (non-hydrogen) atoms. The summed E-state index contributed by atoms with van der Waals surface area (Å²) in [5, 5.41) is 0. The predicted molar refractivity (Wildman–Crippen MR) is 86.3 cm³/mol. The van der Waals surface area contributed by atoms with Crippen LogP contribution in [0.1, 0.15) is 13.8 Å². The fraction of sp³-hybridized carbons (Fsp3) is 0.375. The van der Waals surface area contributed by atoms with Gasteiger partial charge in [0.25, 0.3) is 0 Å². The highest BCUT2D eigenvalue weighted by atomic mass is 32.2. The SMILES string of the molecule is CCN(CC)/C(C(=O)OC)=C(\Sc1ccccc1)C(=O)OC. The summed E-state index contributed by atoms with van der Waals surface area (Å²) < 4.78 is 9.70. The Labute approximate surface area is 135 Å².